The first-order valence-corrected chi connectivity index (χ1v) is 7.60. The van der Waals surface area contributed by atoms with Crippen LogP contribution in [0, 0.1) is 29.1 Å². The third-order valence-corrected chi connectivity index (χ3v) is 5.99. The van der Waals surface area contributed by atoms with Gasteiger partial charge in [-0.05, 0) is 87.5 Å². The summed E-state index contributed by atoms with van der Waals surface area (Å²) in [7, 11) is 0. The van der Waals surface area contributed by atoms with Crippen LogP contribution in [0.3, 0.4) is 0 Å². The smallest absolute Gasteiger partial charge is 0.00467 e. The van der Waals surface area contributed by atoms with Gasteiger partial charge in [-0.25, -0.2) is 0 Å². The zero-order chi connectivity index (χ0) is 12.0. The van der Waals surface area contributed by atoms with Crippen molar-refractivity contribution in [3.8, 4) is 0 Å². The molecule has 0 radical (unpaired) electrons. The van der Waals surface area contributed by atoms with Crippen molar-refractivity contribution in [2.75, 3.05) is 6.54 Å². The lowest BCUT2D eigenvalue weighted by atomic mass is 9.43. The van der Waals surface area contributed by atoms with Crippen molar-refractivity contribution in [3.05, 3.63) is 0 Å². The van der Waals surface area contributed by atoms with Crippen LogP contribution in [0.1, 0.15) is 51.9 Å². The summed E-state index contributed by atoms with van der Waals surface area (Å²) in [5.74, 6) is 3.79. The van der Waals surface area contributed by atoms with Crippen molar-refractivity contribution in [1.29, 1.82) is 0 Å². The highest BCUT2D eigenvalue weighted by Gasteiger charge is 2.57. The summed E-state index contributed by atoms with van der Waals surface area (Å²) in [6, 6.07) is 0.387. The molecule has 98 valence electrons. The van der Waals surface area contributed by atoms with Gasteiger partial charge >= 0.3 is 0 Å². The Kier molecular flexibility index (Phi) is 2.99. The molecule has 4 aliphatic rings. The molecule has 4 atom stereocenters. The molecular weight excluding hydrogens is 208 g/mol. The Morgan fingerprint density at radius 1 is 1.18 bits per heavy atom. The van der Waals surface area contributed by atoms with Gasteiger partial charge in [-0.1, -0.05) is 0 Å². The maximum absolute atomic E-state index is 6.34. The SMILES string of the molecule is CC(N)C1C2CC3CC(C2)CC1(CCCN)C3. The molecule has 4 fully saturated rings. The van der Waals surface area contributed by atoms with E-state index in [1.165, 1.54) is 44.9 Å². The maximum Gasteiger partial charge on any atom is 0.00467 e. The molecule has 0 amide bonds. The summed E-state index contributed by atoms with van der Waals surface area (Å²) >= 11 is 0. The quantitative estimate of drug-likeness (QED) is 0.788. The number of hydrogen-bond donors (Lipinski definition) is 2. The van der Waals surface area contributed by atoms with Crippen molar-refractivity contribution in [1.82, 2.24) is 0 Å². The largest absolute Gasteiger partial charge is 0.330 e. The van der Waals surface area contributed by atoms with Crippen LogP contribution in [0.5, 0.6) is 0 Å². The lowest BCUT2D eigenvalue weighted by Crippen LogP contribution is -2.57. The van der Waals surface area contributed by atoms with E-state index in [-0.39, 0.29) is 0 Å². The van der Waals surface area contributed by atoms with Gasteiger partial charge < -0.3 is 11.5 Å². The van der Waals surface area contributed by atoms with Crippen LogP contribution in [0.2, 0.25) is 0 Å². The van der Waals surface area contributed by atoms with Crippen LogP contribution in [0.4, 0.5) is 0 Å². The van der Waals surface area contributed by atoms with Gasteiger partial charge in [0.05, 0.1) is 0 Å². The lowest BCUT2D eigenvalue weighted by Gasteiger charge is -2.63. The van der Waals surface area contributed by atoms with Gasteiger partial charge in [-0.15, -0.1) is 0 Å². The highest BCUT2D eigenvalue weighted by Crippen LogP contribution is 2.64. The van der Waals surface area contributed by atoms with Crippen LogP contribution >= 0.6 is 0 Å². The van der Waals surface area contributed by atoms with E-state index in [1.54, 1.807) is 0 Å². The molecule has 4 bridgehead atoms. The maximum atomic E-state index is 6.34. The Morgan fingerprint density at radius 2 is 1.82 bits per heavy atom. The molecule has 0 aromatic heterocycles. The van der Waals surface area contributed by atoms with Crippen molar-refractivity contribution in [2.24, 2.45) is 40.6 Å². The van der Waals surface area contributed by atoms with Gasteiger partial charge in [0.2, 0.25) is 0 Å². The van der Waals surface area contributed by atoms with Gasteiger partial charge in [-0.2, -0.15) is 0 Å². The predicted octanol–water partition coefficient (Wildman–Crippen LogP) is 2.52. The summed E-state index contributed by atoms with van der Waals surface area (Å²) < 4.78 is 0. The molecule has 0 saturated heterocycles. The summed E-state index contributed by atoms with van der Waals surface area (Å²) in [5, 5.41) is 0. The second kappa shape index (κ2) is 4.24. The topological polar surface area (TPSA) is 52.0 Å². The van der Waals surface area contributed by atoms with E-state index in [0.29, 0.717) is 11.5 Å². The molecule has 4 unspecified atom stereocenters. The Morgan fingerprint density at radius 3 is 2.35 bits per heavy atom. The molecule has 4 rings (SSSR count). The van der Waals surface area contributed by atoms with Crippen LogP contribution in [0.25, 0.3) is 0 Å². The predicted molar refractivity (Wildman–Crippen MR) is 71.4 cm³/mol. The Bertz CT molecular complexity index is 273. The molecular formula is C15H28N2. The van der Waals surface area contributed by atoms with Crippen molar-refractivity contribution < 1.29 is 0 Å². The standard InChI is InChI=1S/C15H28N2/c1-10(17)14-13-6-11-5-12(7-13)9-15(14,8-11)3-2-4-16/h10-14H,2-9,16-17H2,1H3. The fourth-order valence-electron chi connectivity index (χ4n) is 6.06. The van der Waals surface area contributed by atoms with E-state index in [9.17, 15) is 0 Å². The Labute approximate surface area is 106 Å². The summed E-state index contributed by atoms with van der Waals surface area (Å²) in [4.78, 5) is 0. The van der Waals surface area contributed by atoms with E-state index in [1.807, 2.05) is 0 Å². The summed E-state index contributed by atoms with van der Waals surface area (Å²) in [5.41, 5.74) is 12.7. The Balaban J connectivity index is 1.86. The third kappa shape index (κ3) is 1.84. The minimum atomic E-state index is 0.387. The van der Waals surface area contributed by atoms with Gasteiger partial charge in [0.25, 0.3) is 0 Å². The van der Waals surface area contributed by atoms with Crippen molar-refractivity contribution >= 4 is 0 Å². The number of hydrogen-bond acceptors (Lipinski definition) is 2. The summed E-state index contributed by atoms with van der Waals surface area (Å²) in [6.45, 7) is 3.10. The molecule has 4 aliphatic carbocycles. The second-order valence-electron chi connectivity index (χ2n) is 7.25. The highest BCUT2D eigenvalue weighted by molar-refractivity contribution is 5.07. The van der Waals surface area contributed by atoms with Crippen LogP contribution in [-0.2, 0) is 0 Å². The zero-order valence-electron chi connectivity index (χ0n) is 11.2. The van der Waals surface area contributed by atoms with E-state index >= 15 is 0 Å². The fourth-order valence-corrected chi connectivity index (χ4v) is 6.06. The molecule has 0 aliphatic heterocycles. The first kappa shape index (κ1) is 12.0. The van der Waals surface area contributed by atoms with E-state index in [0.717, 1.165) is 30.2 Å². The minimum Gasteiger partial charge on any atom is -0.330 e. The average Bonchev–Trinajstić information content (AvgIpc) is 2.24. The fraction of sp³-hybridized carbons (Fsp3) is 1.00. The molecule has 0 aromatic rings. The van der Waals surface area contributed by atoms with E-state index < -0.39 is 0 Å². The number of nitrogens with two attached hydrogens (primary N) is 2. The molecule has 0 aromatic carbocycles. The zero-order valence-corrected chi connectivity index (χ0v) is 11.2. The van der Waals surface area contributed by atoms with Crippen molar-refractivity contribution in [3.63, 3.8) is 0 Å². The molecule has 2 heteroatoms. The normalized spacial score (nSPS) is 49.6. The molecule has 2 nitrogen and oxygen atoms in total. The first-order chi connectivity index (χ1) is 8.14. The molecule has 0 heterocycles. The molecule has 0 spiro atoms. The van der Waals surface area contributed by atoms with Crippen LogP contribution in [-0.4, -0.2) is 12.6 Å². The lowest BCUT2D eigenvalue weighted by molar-refractivity contribution is -0.121. The van der Waals surface area contributed by atoms with E-state index in [4.69, 9.17) is 11.5 Å². The molecule has 17 heavy (non-hydrogen) atoms. The van der Waals surface area contributed by atoms with Crippen molar-refractivity contribution in [2.45, 2.75) is 57.9 Å². The average molecular weight is 236 g/mol. The van der Waals surface area contributed by atoms with Gasteiger partial charge in [0.1, 0.15) is 0 Å². The van der Waals surface area contributed by atoms with Gasteiger partial charge in [0.15, 0.2) is 0 Å². The van der Waals surface area contributed by atoms with E-state index in [2.05, 4.69) is 6.92 Å². The summed E-state index contributed by atoms with van der Waals surface area (Å²) in [6.07, 6.45) is 9.96. The Hall–Kier alpha value is -0.0800. The van der Waals surface area contributed by atoms with Crippen LogP contribution < -0.4 is 11.5 Å². The minimum absolute atomic E-state index is 0.387. The third-order valence-electron chi connectivity index (χ3n) is 5.99. The monoisotopic (exact) mass is 236 g/mol. The molecule has 4 N–H and O–H groups in total. The highest BCUT2D eigenvalue weighted by atomic mass is 14.7. The van der Waals surface area contributed by atoms with Gasteiger partial charge in [-0.3, -0.25) is 0 Å². The first-order valence-electron chi connectivity index (χ1n) is 7.60. The van der Waals surface area contributed by atoms with Gasteiger partial charge in [0, 0.05) is 6.04 Å². The van der Waals surface area contributed by atoms with Crippen LogP contribution in [0.15, 0.2) is 0 Å². The molecule has 4 saturated carbocycles. The number of rotatable bonds is 4. The second-order valence-corrected chi connectivity index (χ2v) is 7.25.